The first-order valence-electron chi connectivity index (χ1n) is 16.0. The van der Waals surface area contributed by atoms with Crippen molar-refractivity contribution in [3.8, 4) is 5.75 Å². The van der Waals surface area contributed by atoms with Gasteiger partial charge in [-0.25, -0.2) is 4.79 Å². The second-order valence-electron chi connectivity index (χ2n) is 13.2. The van der Waals surface area contributed by atoms with Crippen LogP contribution in [0.1, 0.15) is 115 Å². The molecule has 0 spiro atoms. The minimum Gasteiger partial charge on any atom is -0.507 e. The average Bonchev–Trinajstić information content (AvgIpc) is 3.31. The summed E-state index contributed by atoms with van der Waals surface area (Å²) in [5.41, 5.74) is -0.437. The Labute approximate surface area is 280 Å². The number of aliphatic hydroxyl groups excluding tert-OH is 1. The van der Waals surface area contributed by atoms with Crippen LogP contribution in [0.5, 0.6) is 5.75 Å². The van der Waals surface area contributed by atoms with Gasteiger partial charge >= 0.3 is 5.97 Å². The van der Waals surface area contributed by atoms with Gasteiger partial charge in [-0.05, 0) is 88.2 Å². The van der Waals surface area contributed by atoms with Crippen LogP contribution < -0.4 is 0 Å². The number of carbonyl (C=O) groups is 2. The summed E-state index contributed by atoms with van der Waals surface area (Å²) < 4.78 is 13.2. The van der Waals surface area contributed by atoms with E-state index in [-0.39, 0.29) is 82.7 Å². The fourth-order valence-electron chi connectivity index (χ4n) is 7.45. The molecule has 43 heavy (non-hydrogen) atoms. The minimum absolute atomic E-state index is 0. The van der Waals surface area contributed by atoms with E-state index in [4.69, 9.17) is 9.47 Å². The van der Waals surface area contributed by atoms with Crippen LogP contribution in [-0.2, 0) is 20.7 Å². The van der Waals surface area contributed by atoms with Crippen LogP contribution in [-0.4, -0.2) is 97.4 Å². The van der Waals surface area contributed by atoms with E-state index in [0.29, 0.717) is 49.7 Å². The molecule has 1 aromatic carbocycles. The molecule has 2 saturated heterocycles. The number of benzene rings is 1. The van der Waals surface area contributed by atoms with Crippen LogP contribution >= 0.6 is 0 Å². The van der Waals surface area contributed by atoms with Crippen molar-refractivity contribution in [3.63, 3.8) is 0 Å². The summed E-state index contributed by atoms with van der Waals surface area (Å²) in [7, 11) is 0. The molecule has 1 aromatic rings. The quantitative estimate of drug-likeness (QED) is 0.216. The largest absolute Gasteiger partial charge is 0.507 e. The van der Waals surface area contributed by atoms with Gasteiger partial charge in [0, 0.05) is 41.4 Å². The number of hydrogen-bond donors (Lipinski definition) is 4. The molecule has 2 heterocycles. The predicted octanol–water partition coefficient (Wildman–Crippen LogP) is 5.46. The third kappa shape index (κ3) is 7.87. The molecule has 8 nitrogen and oxygen atoms in total. The number of aliphatic hydroxyl groups is 2. The van der Waals surface area contributed by atoms with E-state index in [2.05, 4.69) is 13.8 Å². The Balaban J connectivity index is 0.00000645. The Morgan fingerprint density at radius 1 is 1.12 bits per heavy atom. The van der Waals surface area contributed by atoms with Crippen LogP contribution in [0, 0.1) is 30.6 Å². The maximum atomic E-state index is 13.9. The summed E-state index contributed by atoms with van der Waals surface area (Å²) in [4.78, 5) is 25.7. The van der Waals surface area contributed by atoms with E-state index in [1.165, 1.54) is 0 Å². The topological polar surface area (TPSA) is 134 Å². The van der Waals surface area contributed by atoms with E-state index < -0.39 is 29.2 Å². The number of hydrogen-bond acceptors (Lipinski definition) is 7. The maximum Gasteiger partial charge on any atom is 0.339 e. The van der Waals surface area contributed by atoms with E-state index >= 15 is 0 Å². The van der Waals surface area contributed by atoms with Crippen LogP contribution in [0.25, 0.3) is 0 Å². The maximum absolute atomic E-state index is 13.9. The first-order valence-corrected chi connectivity index (χ1v) is 16.0. The number of Topliss-reactive ketones (excluding diaryl/α,β-unsaturated/α-hetero) is 1. The Bertz CT molecular complexity index is 1110. The standard InChI is InChI=1S/C34H54O8.Na/c1-9-25(31-21(6)18-34(11-3,42-31)26-16-17-33(40,10-2)23(8)41-26)30(37)22(7)28(35)19(4)12-14-24-15-13-20(5)29(36)27(24)32(38)39;/h13,15,19,21-23,25-26,28,31,35-36,40H,9-12,14,16-18H2,1-8H3,(H,38,39);. The summed E-state index contributed by atoms with van der Waals surface area (Å²) in [6, 6.07) is 3.40. The Hall–Kier alpha value is -1.00. The molecule has 0 amide bonds. The number of ether oxygens (including phenoxy) is 2. The molecule has 2 aliphatic heterocycles. The Morgan fingerprint density at radius 3 is 2.30 bits per heavy atom. The van der Waals surface area contributed by atoms with Crippen molar-refractivity contribution in [2.24, 2.45) is 23.7 Å². The minimum atomic E-state index is -1.18. The smallest absolute Gasteiger partial charge is 0.339 e. The monoisotopic (exact) mass is 613 g/mol. The number of aromatic carboxylic acids is 1. The predicted molar refractivity (Wildman–Crippen MR) is 167 cm³/mol. The molecule has 0 bridgehead atoms. The molecule has 3 rings (SSSR count). The summed E-state index contributed by atoms with van der Waals surface area (Å²) in [6.07, 6.45) is 3.34. The SMILES string of the molecule is CCC(C(=O)C(C)C(O)C(C)CCc1ccc(C)c(O)c1C(=O)O)C1OC(CC)(C2CCC(O)(CC)C(C)O2)CC1C.[Na]. The van der Waals surface area contributed by atoms with E-state index in [1.807, 2.05) is 27.7 Å². The molecule has 239 valence electrons. The number of carboxylic acid groups (broad SMARTS) is 1. The summed E-state index contributed by atoms with van der Waals surface area (Å²) in [6.45, 7) is 15.4. The number of rotatable bonds is 13. The van der Waals surface area contributed by atoms with Crippen LogP contribution in [0.4, 0.5) is 0 Å². The van der Waals surface area contributed by atoms with Gasteiger partial charge in [-0.1, -0.05) is 53.7 Å². The number of ketones is 1. The fraction of sp³-hybridized carbons (Fsp3) is 0.765. The summed E-state index contributed by atoms with van der Waals surface area (Å²) in [5, 5.41) is 42.1. The summed E-state index contributed by atoms with van der Waals surface area (Å²) in [5.74, 6) is -2.55. The molecular formula is C34H54NaO8. The van der Waals surface area contributed by atoms with Gasteiger partial charge in [-0.3, -0.25) is 4.79 Å². The van der Waals surface area contributed by atoms with E-state index in [0.717, 1.165) is 12.8 Å². The average molecular weight is 614 g/mol. The Kier molecular flexibility index (Phi) is 13.8. The summed E-state index contributed by atoms with van der Waals surface area (Å²) >= 11 is 0. The molecule has 9 heteroatoms. The molecule has 2 aliphatic rings. The molecule has 1 radical (unpaired) electrons. The molecule has 10 unspecified atom stereocenters. The normalized spacial score (nSPS) is 32.0. The van der Waals surface area contributed by atoms with Gasteiger partial charge in [0.1, 0.15) is 17.1 Å². The zero-order valence-electron chi connectivity index (χ0n) is 27.9. The van der Waals surface area contributed by atoms with Gasteiger partial charge in [0.2, 0.25) is 0 Å². The van der Waals surface area contributed by atoms with Crippen molar-refractivity contribution in [2.45, 2.75) is 142 Å². The fourth-order valence-corrected chi connectivity index (χ4v) is 7.45. The Morgan fingerprint density at radius 2 is 1.77 bits per heavy atom. The second kappa shape index (κ2) is 15.5. The molecule has 4 N–H and O–H groups in total. The number of aromatic hydroxyl groups is 1. The van der Waals surface area contributed by atoms with Crippen LogP contribution in [0.15, 0.2) is 12.1 Å². The van der Waals surface area contributed by atoms with Gasteiger partial charge in [0.25, 0.3) is 0 Å². The number of carbonyl (C=O) groups excluding carboxylic acids is 1. The zero-order valence-corrected chi connectivity index (χ0v) is 29.9. The van der Waals surface area contributed by atoms with Crippen molar-refractivity contribution in [1.82, 2.24) is 0 Å². The third-order valence-electron chi connectivity index (χ3n) is 10.7. The third-order valence-corrected chi connectivity index (χ3v) is 10.7. The molecule has 0 saturated carbocycles. The van der Waals surface area contributed by atoms with Crippen molar-refractivity contribution >= 4 is 41.3 Å². The number of carboxylic acids is 1. The van der Waals surface area contributed by atoms with Gasteiger partial charge in [0.15, 0.2) is 0 Å². The van der Waals surface area contributed by atoms with E-state index in [9.17, 15) is 30.0 Å². The number of aryl methyl sites for hydroxylation is 2. The molecule has 10 atom stereocenters. The molecule has 2 fully saturated rings. The van der Waals surface area contributed by atoms with E-state index in [1.54, 1.807) is 26.0 Å². The first-order chi connectivity index (χ1) is 19.7. The van der Waals surface area contributed by atoms with Crippen molar-refractivity contribution in [1.29, 1.82) is 0 Å². The van der Waals surface area contributed by atoms with Crippen molar-refractivity contribution in [3.05, 3.63) is 28.8 Å². The van der Waals surface area contributed by atoms with Gasteiger partial charge in [-0.15, -0.1) is 0 Å². The molecule has 0 aromatic heterocycles. The molecule has 0 aliphatic carbocycles. The first kappa shape index (κ1) is 38.2. The van der Waals surface area contributed by atoms with Gasteiger partial charge in [-0.2, -0.15) is 0 Å². The van der Waals surface area contributed by atoms with Crippen molar-refractivity contribution in [2.75, 3.05) is 0 Å². The number of phenols is 1. The second-order valence-corrected chi connectivity index (χ2v) is 13.2. The molecular weight excluding hydrogens is 559 g/mol. The van der Waals surface area contributed by atoms with Crippen LogP contribution in [0.2, 0.25) is 0 Å². The van der Waals surface area contributed by atoms with Crippen molar-refractivity contribution < 1.29 is 39.5 Å². The van der Waals surface area contributed by atoms with Gasteiger partial charge in [0.05, 0.1) is 35.6 Å². The van der Waals surface area contributed by atoms with Crippen LogP contribution in [0.3, 0.4) is 0 Å². The van der Waals surface area contributed by atoms with Gasteiger partial charge < -0.3 is 29.9 Å². The zero-order chi connectivity index (χ0) is 31.6.